The largest absolute Gasteiger partial charge is 0.508 e. The Kier molecular flexibility index (Phi) is 3.03. The molecule has 0 spiro atoms. The third kappa shape index (κ3) is 2.13. The molecule has 2 rings (SSSR count). The molecule has 4 nitrogen and oxygen atoms in total. The second-order valence-electron chi connectivity index (χ2n) is 3.94. The maximum atomic E-state index is 10.8. The van der Waals surface area contributed by atoms with Gasteiger partial charge in [-0.05, 0) is 24.1 Å². The SMILES string of the molecule is O=C(O)C1CNC(c2ccc(O)cc2Cl)C1. The molecule has 1 aliphatic rings. The van der Waals surface area contributed by atoms with Gasteiger partial charge in [-0.2, -0.15) is 0 Å². The van der Waals surface area contributed by atoms with Crippen molar-refractivity contribution in [3.63, 3.8) is 0 Å². The number of phenols is 1. The van der Waals surface area contributed by atoms with Gasteiger partial charge in [-0.3, -0.25) is 4.79 Å². The molecule has 16 heavy (non-hydrogen) atoms. The van der Waals surface area contributed by atoms with Gasteiger partial charge in [0, 0.05) is 17.6 Å². The standard InChI is InChI=1S/C11H12ClNO3/c12-9-4-7(14)1-2-8(9)10-3-6(5-13-10)11(15)16/h1-2,4,6,10,13-14H,3,5H2,(H,15,16). The number of carboxylic acids is 1. The Bertz CT molecular complexity index is 422. The first-order chi connectivity index (χ1) is 7.58. The number of carbonyl (C=O) groups is 1. The molecule has 1 heterocycles. The molecule has 0 radical (unpaired) electrons. The van der Waals surface area contributed by atoms with Crippen LogP contribution in [0.5, 0.6) is 5.75 Å². The van der Waals surface area contributed by atoms with Crippen LogP contribution in [-0.2, 0) is 4.79 Å². The van der Waals surface area contributed by atoms with Crippen molar-refractivity contribution in [3.05, 3.63) is 28.8 Å². The number of rotatable bonds is 2. The minimum Gasteiger partial charge on any atom is -0.508 e. The van der Waals surface area contributed by atoms with Gasteiger partial charge < -0.3 is 15.5 Å². The summed E-state index contributed by atoms with van der Waals surface area (Å²) < 4.78 is 0. The van der Waals surface area contributed by atoms with E-state index in [-0.39, 0.29) is 17.7 Å². The Morgan fingerprint density at radius 2 is 2.25 bits per heavy atom. The molecule has 1 aromatic carbocycles. The molecule has 1 saturated heterocycles. The van der Waals surface area contributed by atoms with E-state index in [9.17, 15) is 9.90 Å². The average Bonchev–Trinajstić information content (AvgIpc) is 2.66. The molecule has 86 valence electrons. The lowest BCUT2D eigenvalue weighted by Gasteiger charge is -2.12. The predicted octanol–water partition coefficient (Wildman–Crippen LogP) is 1.78. The second kappa shape index (κ2) is 4.31. The van der Waals surface area contributed by atoms with Crippen molar-refractivity contribution in [1.82, 2.24) is 5.32 Å². The number of aliphatic carboxylic acids is 1. The van der Waals surface area contributed by atoms with Crippen LogP contribution in [0.25, 0.3) is 0 Å². The summed E-state index contributed by atoms with van der Waals surface area (Å²) in [6.07, 6.45) is 0.528. The molecule has 1 aliphatic heterocycles. The summed E-state index contributed by atoms with van der Waals surface area (Å²) >= 11 is 5.99. The van der Waals surface area contributed by atoms with Crippen LogP contribution in [0.4, 0.5) is 0 Å². The van der Waals surface area contributed by atoms with Crippen molar-refractivity contribution >= 4 is 17.6 Å². The van der Waals surface area contributed by atoms with Crippen LogP contribution in [0.3, 0.4) is 0 Å². The van der Waals surface area contributed by atoms with Gasteiger partial charge in [-0.25, -0.2) is 0 Å². The summed E-state index contributed by atoms with van der Waals surface area (Å²) in [5.41, 5.74) is 0.836. The Morgan fingerprint density at radius 1 is 1.50 bits per heavy atom. The van der Waals surface area contributed by atoms with Crippen molar-refractivity contribution in [2.24, 2.45) is 5.92 Å². The fourth-order valence-electron chi connectivity index (χ4n) is 1.96. The van der Waals surface area contributed by atoms with E-state index in [2.05, 4.69) is 5.32 Å². The first-order valence-electron chi connectivity index (χ1n) is 5.02. The highest BCUT2D eigenvalue weighted by molar-refractivity contribution is 6.31. The number of hydrogen-bond donors (Lipinski definition) is 3. The van der Waals surface area contributed by atoms with E-state index in [1.54, 1.807) is 12.1 Å². The second-order valence-corrected chi connectivity index (χ2v) is 4.34. The summed E-state index contributed by atoms with van der Waals surface area (Å²) in [7, 11) is 0. The third-order valence-corrected chi connectivity index (χ3v) is 3.17. The molecule has 1 fully saturated rings. The molecule has 1 aromatic rings. The number of benzene rings is 1. The van der Waals surface area contributed by atoms with Crippen molar-refractivity contribution in [2.75, 3.05) is 6.54 Å². The van der Waals surface area contributed by atoms with Crippen molar-refractivity contribution in [2.45, 2.75) is 12.5 Å². The Labute approximate surface area is 97.9 Å². The van der Waals surface area contributed by atoms with E-state index < -0.39 is 5.97 Å². The lowest BCUT2D eigenvalue weighted by Crippen LogP contribution is -2.17. The molecule has 0 aliphatic carbocycles. The quantitative estimate of drug-likeness (QED) is 0.738. The van der Waals surface area contributed by atoms with Gasteiger partial charge in [-0.1, -0.05) is 17.7 Å². The van der Waals surface area contributed by atoms with E-state index in [0.29, 0.717) is 18.0 Å². The van der Waals surface area contributed by atoms with Crippen molar-refractivity contribution < 1.29 is 15.0 Å². The van der Waals surface area contributed by atoms with E-state index in [1.807, 2.05) is 0 Å². The molecule has 5 heteroatoms. The van der Waals surface area contributed by atoms with Gasteiger partial charge in [0.25, 0.3) is 0 Å². The highest BCUT2D eigenvalue weighted by Gasteiger charge is 2.31. The zero-order valence-electron chi connectivity index (χ0n) is 8.48. The number of hydrogen-bond acceptors (Lipinski definition) is 3. The molecule has 2 unspecified atom stereocenters. The van der Waals surface area contributed by atoms with Crippen LogP contribution in [0, 0.1) is 5.92 Å². The van der Waals surface area contributed by atoms with Gasteiger partial charge in [0.1, 0.15) is 5.75 Å². The predicted molar refractivity (Wildman–Crippen MR) is 59.6 cm³/mol. The van der Waals surface area contributed by atoms with Crippen LogP contribution >= 0.6 is 11.6 Å². The number of aromatic hydroxyl groups is 1. The average molecular weight is 242 g/mol. The number of nitrogens with one attached hydrogen (secondary N) is 1. The molecular formula is C11H12ClNO3. The smallest absolute Gasteiger partial charge is 0.307 e. The molecule has 0 saturated carbocycles. The van der Waals surface area contributed by atoms with Crippen molar-refractivity contribution in [1.29, 1.82) is 0 Å². The van der Waals surface area contributed by atoms with Gasteiger partial charge in [-0.15, -0.1) is 0 Å². The summed E-state index contributed by atoms with van der Waals surface area (Å²) in [6, 6.07) is 4.69. The van der Waals surface area contributed by atoms with Gasteiger partial charge in [0.05, 0.1) is 5.92 Å². The minimum atomic E-state index is -0.787. The maximum Gasteiger partial charge on any atom is 0.307 e. The topological polar surface area (TPSA) is 69.6 Å². The Balaban J connectivity index is 2.17. The fourth-order valence-corrected chi connectivity index (χ4v) is 2.27. The number of carboxylic acid groups (broad SMARTS) is 1. The summed E-state index contributed by atoms with van der Waals surface area (Å²) in [5, 5.41) is 21.7. The molecule has 0 amide bonds. The maximum absolute atomic E-state index is 10.8. The van der Waals surface area contributed by atoms with E-state index in [4.69, 9.17) is 16.7 Å². The Morgan fingerprint density at radius 3 is 2.81 bits per heavy atom. The fraction of sp³-hybridized carbons (Fsp3) is 0.364. The van der Waals surface area contributed by atoms with Crippen LogP contribution in [-0.4, -0.2) is 22.7 Å². The zero-order chi connectivity index (χ0) is 11.7. The Hall–Kier alpha value is -1.26. The molecular weight excluding hydrogens is 230 g/mol. The van der Waals surface area contributed by atoms with Crippen molar-refractivity contribution in [3.8, 4) is 5.75 Å². The highest BCUT2D eigenvalue weighted by Crippen LogP contribution is 2.33. The summed E-state index contributed by atoms with van der Waals surface area (Å²) in [6.45, 7) is 0.456. The monoisotopic (exact) mass is 241 g/mol. The summed E-state index contributed by atoms with van der Waals surface area (Å²) in [5.74, 6) is -1.04. The van der Waals surface area contributed by atoms with Crippen LogP contribution in [0.1, 0.15) is 18.0 Å². The number of halogens is 1. The first-order valence-corrected chi connectivity index (χ1v) is 5.40. The van der Waals surface area contributed by atoms with E-state index >= 15 is 0 Å². The lowest BCUT2D eigenvalue weighted by atomic mass is 10.00. The number of phenolic OH excluding ortho intramolecular Hbond substituents is 1. The third-order valence-electron chi connectivity index (χ3n) is 2.84. The summed E-state index contributed by atoms with van der Waals surface area (Å²) in [4.78, 5) is 10.8. The highest BCUT2D eigenvalue weighted by atomic mass is 35.5. The van der Waals surface area contributed by atoms with Gasteiger partial charge >= 0.3 is 5.97 Å². The van der Waals surface area contributed by atoms with E-state index in [1.165, 1.54) is 6.07 Å². The molecule has 3 N–H and O–H groups in total. The van der Waals surface area contributed by atoms with Gasteiger partial charge in [0.15, 0.2) is 0 Å². The normalized spacial score (nSPS) is 24.6. The van der Waals surface area contributed by atoms with Crippen LogP contribution in [0.2, 0.25) is 5.02 Å². The molecule has 2 atom stereocenters. The first kappa shape index (κ1) is 11.2. The van der Waals surface area contributed by atoms with E-state index in [0.717, 1.165) is 5.56 Å². The van der Waals surface area contributed by atoms with Crippen LogP contribution in [0.15, 0.2) is 18.2 Å². The minimum absolute atomic E-state index is 0.0470. The zero-order valence-corrected chi connectivity index (χ0v) is 9.24. The van der Waals surface area contributed by atoms with Gasteiger partial charge in [0.2, 0.25) is 0 Å². The lowest BCUT2D eigenvalue weighted by molar-refractivity contribution is -0.141. The molecule has 0 aromatic heterocycles. The van der Waals surface area contributed by atoms with Crippen LogP contribution < -0.4 is 5.32 Å². The molecule has 0 bridgehead atoms.